The van der Waals surface area contributed by atoms with Crippen LogP contribution in [-0.2, 0) is 11.2 Å². The molecule has 1 nitrogen and oxygen atoms in total. The Morgan fingerprint density at radius 2 is 1.80 bits per heavy atom. The Hall–Kier alpha value is -0.413. The molecule has 0 aliphatic rings. The van der Waals surface area contributed by atoms with Crippen LogP contribution in [0.25, 0.3) is 0 Å². The van der Waals surface area contributed by atoms with E-state index in [1.54, 1.807) is 0 Å². The van der Waals surface area contributed by atoms with Crippen molar-refractivity contribution in [3.05, 3.63) is 35.9 Å². The van der Waals surface area contributed by atoms with Gasteiger partial charge >= 0.3 is 0 Å². The second-order valence-electron chi connectivity index (χ2n) is 4.77. The second-order valence-corrected chi connectivity index (χ2v) is 10.9. The Bertz CT molecular complexity index is 329. The highest BCUT2D eigenvalue weighted by Crippen LogP contribution is 2.16. The van der Waals surface area contributed by atoms with Crippen LogP contribution in [0.15, 0.2) is 30.3 Å². The largest absolute Gasteiger partial charge is 0.304 e. The molecule has 0 saturated heterocycles. The molecule has 1 aromatic rings. The van der Waals surface area contributed by atoms with Gasteiger partial charge in [-0.2, -0.15) is 0 Å². The standard InChI is InChI=1S/C12H17BrOSi/c1-15(2,3)12(14)11(13)9-10-7-5-4-6-8-10/h4-8,11H,9H2,1-3H3. The first-order chi connectivity index (χ1) is 6.91. The molecule has 3 heteroatoms. The molecule has 0 amide bonds. The zero-order valence-corrected chi connectivity index (χ0v) is 12.0. The summed E-state index contributed by atoms with van der Waals surface area (Å²) in [4.78, 5) is 12.0. The molecular formula is C12H17BrOSi. The molecule has 0 fully saturated rings. The average Bonchev–Trinajstić information content (AvgIpc) is 2.16. The summed E-state index contributed by atoms with van der Waals surface area (Å²) in [6.45, 7) is 6.28. The summed E-state index contributed by atoms with van der Waals surface area (Å²) in [6.07, 6.45) is 0.796. The predicted molar refractivity (Wildman–Crippen MR) is 71.2 cm³/mol. The van der Waals surface area contributed by atoms with Crippen LogP contribution < -0.4 is 0 Å². The summed E-state index contributed by atoms with van der Waals surface area (Å²) < 4.78 is 0. The van der Waals surface area contributed by atoms with Crippen LogP contribution in [-0.4, -0.2) is 18.3 Å². The lowest BCUT2D eigenvalue weighted by Gasteiger charge is -2.18. The third kappa shape index (κ3) is 3.91. The summed E-state index contributed by atoms with van der Waals surface area (Å²) in [5.74, 6) is 0. The first kappa shape index (κ1) is 12.7. The lowest BCUT2D eigenvalue weighted by molar-refractivity contribution is -0.112. The zero-order chi connectivity index (χ0) is 11.5. The van der Waals surface area contributed by atoms with Crippen LogP contribution >= 0.6 is 15.9 Å². The van der Waals surface area contributed by atoms with Crippen molar-refractivity contribution in [3.8, 4) is 0 Å². The number of hydrogen-bond acceptors (Lipinski definition) is 1. The average molecular weight is 285 g/mol. The van der Waals surface area contributed by atoms with Gasteiger partial charge in [0.25, 0.3) is 0 Å². The lowest BCUT2D eigenvalue weighted by atomic mass is 10.1. The molecular weight excluding hydrogens is 268 g/mol. The smallest absolute Gasteiger partial charge is 0.125 e. The van der Waals surface area contributed by atoms with Crippen molar-refractivity contribution in [1.29, 1.82) is 0 Å². The molecule has 1 unspecified atom stereocenters. The van der Waals surface area contributed by atoms with Crippen LogP contribution in [0.1, 0.15) is 5.56 Å². The zero-order valence-electron chi connectivity index (χ0n) is 9.46. The first-order valence-electron chi connectivity index (χ1n) is 5.13. The third-order valence-electron chi connectivity index (χ3n) is 2.28. The summed E-state index contributed by atoms with van der Waals surface area (Å²) in [6, 6.07) is 10.1. The van der Waals surface area contributed by atoms with Crippen LogP contribution in [0.4, 0.5) is 0 Å². The Balaban J connectivity index is 2.65. The Morgan fingerprint density at radius 1 is 1.27 bits per heavy atom. The quantitative estimate of drug-likeness (QED) is 0.612. The minimum Gasteiger partial charge on any atom is -0.304 e. The number of carbonyl (C=O) groups excluding carboxylic acids is 1. The van der Waals surface area contributed by atoms with E-state index < -0.39 is 8.07 Å². The van der Waals surface area contributed by atoms with Gasteiger partial charge in [0.15, 0.2) is 0 Å². The number of rotatable bonds is 4. The minimum absolute atomic E-state index is 0.0217. The fourth-order valence-corrected chi connectivity index (χ4v) is 4.86. The van der Waals surface area contributed by atoms with Gasteiger partial charge in [-0.1, -0.05) is 65.9 Å². The third-order valence-corrected chi connectivity index (χ3v) is 5.27. The predicted octanol–water partition coefficient (Wildman–Crippen LogP) is 3.44. The number of halogens is 1. The molecule has 0 radical (unpaired) electrons. The highest BCUT2D eigenvalue weighted by molar-refractivity contribution is 9.10. The molecule has 0 aliphatic carbocycles. The van der Waals surface area contributed by atoms with Gasteiger partial charge in [-0.15, -0.1) is 0 Å². The van der Waals surface area contributed by atoms with E-state index in [4.69, 9.17) is 0 Å². The van der Waals surface area contributed by atoms with Crippen molar-refractivity contribution in [3.63, 3.8) is 0 Å². The van der Waals surface area contributed by atoms with Gasteiger partial charge in [0, 0.05) is 0 Å². The van der Waals surface area contributed by atoms with Crippen molar-refractivity contribution in [2.75, 3.05) is 0 Å². The highest BCUT2D eigenvalue weighted by Gasteiger charge is 2.29. The highest BCUT2D eigenvalue weighted by atomic mass is 79.9. The van der Waals surface area contributed by atoms with Crippen LogP contribution in [0.3, 0.4) is 0 Å². The molecule has 1 atom stereocenters. The van der Waals surface area contributed by atoms with E-state index in [9.17, 15) is 4.79 Å². The van der Waals surface area contributed by atoms with E-state index in [1.165, 1.54) is 5.56 Å². The molecule has 1 aromatic carbocycles. The minimum atomic E-state index is -1.66. The number of carbonyl (C=O) groups is 1. The molecule has 15 heavy (non-hydrogen) atoms. The summed E-state index contributed by atoms with van der Waals surface area (Å²) in [5, 5.41) is 0.395. The fraction of sp³-hybridized carbons (Fsp3) is 0.417. The van der Waals surface area contributed by atoms with Gasteiger partial charge in [0.1, 0.15) is 13.5 Å². The summed E-state index contributed by atoms with van der Waals surface area (Å²) in [5.41, 5.74) is 1.21. The summed E-state index contributed by atoms with van der Waals surface area (Å²) in [7, 11) is -1.66. The van der Waals surface area contributed by atoms with Gasteiger partial charge in [0.2, 0.25) is 0 Å². The van der Waals surface area contributed by atoms with Gasteiger partial charge in [0.05, 0.1) is 4.83 Å². The lowest BCUT2D eigenvalue weighted by Crippen LogP contribution is -2.40. The van der Waals surface area contributed by atoms with E-state index in [1.807, 2.05) is 18.2 Å². The monoisotopic (exact) mass is 284 g/mol. The fourth-order valence-electron chi connectivity index (χ4n) is 1.38. The maximum atomic E-state index is 12.0. The normalized spacial score (nSPS) is 13.6. The maximum Gasteiger partial charge on any atom is 0.125 e. The topological polar surface area (TPSA) is 17.1 Å². The van der Waals surface area contributed by atoms with E-state index >= 15 is 0 Å². The van der Waals surface area contributed by atoms with Gasteiger partial charge < -0.3 is 4.79 Å². The van der Waals surface area contributed by atoms with Crippen LogP contribution in [0, 0.1) is 0 Å². The van der Waals surface area contributed by atoms with Crippen molar-refractivity contribution in [2.24, 2.45) is 0 Å². The van der Waals surface area contributed by atoms with Gasteiger partial charge in [-0.05, 0) is 12.0 Å². The van der Waals surface area contributed by atoms with Gasteiger partial charge in [-0.25, -0.2) is 0 Å². The number of hydrogen-bond donors (Lipinski definition) is 0. The van der Waals surface area contributed by atoms with Crippen molar-refractivity contribution in [2.45, 2.75) is 30.9 Å². The Morgan fingerprint density at radius 3 is 2.27 bits per heavy atom. The maximum absolute atomic E-state index is 12.0. The second kappa shape index (κ2) is 5.08. The first-order valence-corrected chi connectivity index (χ1v) is 9.55. The van der Waals surface area contributed by atoms with Crippen molar-refractivity contribution < 1.29 is 4.79 Å². The molecule has 0 aliphatic heterocycles. The molecule has 1 rings (SSSR count). The van der Waals surface area contributed by atoms with E-state index in [0.29, 0.717) is 5.41 Å². The molecule has 82 valence electrons. The molecule has 0 saturated carbocycles. The van der Waals surface area contributed by atoms with Crippen molar-refractivity contribution in [1.82, 2.24) is 0 Å². The Kier molecular flexibility index (Phi) is 4.29. The van der Waals surface area contributed by atoms with E-state index in [0.717, 1.165) is 6.42 Å². The van der Waals surface area contributed by atoms with E-state index in [2.05, 4.69) is 47.7 Å². The molecule has 0 spiro atoms. The SMILES string of the molecule is C[Si](C)(C)C(=O)C(Br)Cc1ccccc1. The van der Waals surface area contributed by atoms with Crippen molar-refractivity contribution >= 4 is 29.4 Å². The molecule has 0 aromatic heterocycles. The Labute approximate surface area is 101 Å². The number of alkyl halides is 1. The molecule has 0 bridgehead atoms. The van der Waals surface area contributed by atoms with Crippen LogP contribution in [0.5, 0.6) is 0 Å². The molecule has 0 heterocycles. The van der Waals surface area contributed by atoms with Gasteiger partial charge in [-0.3, -0.25) is 0 Å². The van der Waals surface area contributed by atoms with Crippen LogP contribution in [0.2, 0.25) is 19.6 Å². The molecule has 0 N–H and O–H groups in total. The number of benzene rings is 1. The van der Waals surface area contributed by atoms with E-state index in [-0.39, 0.29) is 4.83 Å². The summed E-state index contributed by atoms with van der Waals surface area (Å²) >= 11 is 3.50.